The van der Waals surface area contributed by atoms with E-state index in [1.807, 2.05) is 0 Å². The van der Waals surface area contributed by atoms with Crippen LogP contribution in [0.2, 0.25) is 4.47 Å². The summed E-state index contributed by atoms with van der Waals surface area (Å²) in [6.45, 7) is 0. The molecule has 0 aliphatic carbocycles. The summed E-state index contributed by atoms with van der Waals surface area (Å²) in [5, 5.41) is 1.55. The molecule has 0 bridgehead atoms. The second-order valence-corrected chi connectivity index (χ2v) is 2.53. The van der Waals surface area contributed by atoms with E-state index in [9.17, 15) is 4.79 Å². The SMILES string of the molecule is O=[C]c1csc(Cl)n1. The zero-order valence-electron chi connectivity index (χ0n) is 3.72. The lowest BCUT2D eigenvalue weighted by Gasteiger charge is -1.67. The van der Waals surface area contributed by atoms with Crippen molar-refractivity contribution in [1.82, 2.24) is 4.98 Å². The molecular formula is C4HClNOS. The fraction of sp³-hybridized carbons (Fsp3) is 0. The van der Waals surface area contributed by atoms with E-state index in [1.54, 1.807) is 11.7 Å². The normalized spacial score (nSPS) is 9.12. The summed E-state index contributed by atoms with van der Waals surface area (Å²) in [6, 6.07) is 0. The summed E-state index contributed by atoms with van der Waals surface area (Å²) in [6.07, 6.45) is 1.61. The van der Waals surface area contributed by atoms with Crippen molar-refractivity contribution < 1.29 is 4.79 Å². The molecule has 2 nitrogen and oxygen atoms in total. The summed E-state index contributed by atoms with van der Waals surface area (Å²) in [5.41, 5.74) is 0.278. The topological polar surface area (TPSA) is 30.0 Å². The Morgan fingerprint density at radius 2 is 2.62 bits per heavy atom. The van der Waals surface area contributed by atoms with Crippen LogP contribution in [0.3, 0.4) is 0 Å². The van der Waals surface area contributed by atoms with Crippen LogP contribution in [0.15, 0.2) is 5.38 Å². The Morgan fingerprint density at radius 3 is 2.88 bits per heavy atom. The van der Waals surface area contributed by atoms with Gasteiger partial charge in [-0.05, 0) is 0 Å². The fourth-order valence-electron chi connectivity index (χ4n) is 0.299. The molecule has 41 valence electrons. The molecule has 0 aliphatic rings. The molecule has 0 unspecified atom stereocenters. The van der Waals surface area contributed by atoms with E-state index >= 15 is 0 Å². The largest absolute Gasteiger partial charge is 0.283 e. The van der Waals surface area contributed by atoms with E-state index in [4.69, 9.17) is 11.6 Å². The highest BCUT2D eigenvalue weighted by atomic mass is 35.5. The fourth-order valence-corrected chi connectivity index (χ4v) is 0.984. The molecule has 0 saturated heterocycles. The van der Waals surface area contributed by atoms with E-state index in [0.717, 1.165) is 0 Å². The van der Waals surface area contributed by atoms with Crippen molar-refractivity contribution in [2.75, 3.05) is 0 Å². The van der Waals surface area contributed by atoms with Crippen molar-refractivity contribution in [3.63, 3.8) is 0 Å². The highest BCUT2D eigenvalue weighted by Crippen LogP contribution is 2.12. The molecule has 0 saturated carbocycles. The zero-order chi connectivity index (χ0) is 5.98. The van der Waals surface area contributed by atoms with Crippen LogP contribution in [0.4, 0.5) is 0 Å². The standard InChI is InChI=1S/C4HClNOS/c5-4-6-3(1-7)2-8-4/h2H. The first-order valence-electron chi connectivity index (χ1n) is 1.82. The molecule has 0 atom stereocenters. The average molecular weight is 147 g/mol. The maximum atomic E-state index is 9.78. The number of carbonyl (C=O) groups excluding carboxylic acids is 1. The number of halogens is 1. The molecule has 0 fully saturated rings. The summed E-state index contributed by atoms with van der Waals surface area (Å²) >= 11 is 6.59. The second kappa shape index (κ2) is 2.24. The number of aromatic nitrogens is 1. The Bertz CT molecular complexity index is 198. The van der Waals surface area contributed by atoms with Gasteiger partial charge in [-0.2, -0.15) is 0 Å². The van der Waals surface area contributed by atoms with Crippen molar-refractivity contribution in [3.05, 3.63) is 15.5 Å². The Balaban J connectivity index is 3.00. The van der Waals surface area contributed by atoms with Gasteiger partial charge in [-0.25, -0.2) is 4.98 Å². The molecule has 0 amide bonds. The summed E-state index contributed by atoms with van der Waals surface area (Å²) in [4.78, 5) is 13.4. The van der Waals surface area contributed by atoms with Gasteiger partial charge in [-0.1, -0.05) is 11.6 Å². The molecule has 0 spiro atoms. The lowest BCUT2D eigenvalue weighted by Crippen LogP contribution is -1.74. The average Bonchev–Trinajstić information content (AvgIpc) is 2.14. The molecule has 0 aliphatic heterocycles. The first kappa shape index (κ1) is 5.72. The minimum Gasteiger partial charge on any atom is -0.283 e. The minimum atomic E-state index is 0.278. The number of hydrogen-bond acceptors (Lipinski definition) is 3. The van der Waals surface area contributed by atoms with Crippen LogP contribution < -0.4 is 0 Å². The Labute approximate surface area is 55.1 Å². The van der Waals surface area contributed by atoms with Crippen LogP contribution in [-0.2, 0) is 4.79 Å². The predicted octanol–water partition coefficient (Wildman–Crippen LogP) is 1.25. The number of hydrogen-bond donors (Lipinski definition) is 0. The van der Waals surface area contributed by atoms with Crippen molar-refractivity contribution in [2.45, 2.75) is 0 Å². The first-order chi connectivity index (χ1) is 3.83. The van der Waals surface area contributed by atoms with Crippen molar-refractivity contribution in [2.24, 2.45) is 0 Å². The third-order valence-corrected chi connectivity index (χ3v) is 1.56. The lowest BCUT2D eigenvalue weighted by atomic mass is 10.6. The first-order valence-corrected chi connectivity index (χ1v) is 3.08. The number of rotatable bonds is 1. The van der Waals surface area contributed by atoms with Gasteiger partial charge in [-0.3, -0.25) is 4.79 Å². The van der Waals surface area contributed by atoms with E-state index in [1.165, 1.54) is 11.3 Å². The molecule has 1 aromatic heterocycles. The molecule has 1 heterocycles. The van der Waals surface area contributed by atoms with Gasteiger partial charge in [0.2, 0.25) is 0 Å². The summed E-state index contributed by atoms with van der Waals surface area (Å²) < 4.78 is 0.378. The molecule has 8 heavy (non-hydrogen) atoms. The van der Waals surface area contributed by atoms with Gasteiger partial charge in [0.1, 0.15) is 5.69 Å². The second-order valence-electron chi connectivity index (χ2n) is 1.09. The molecule has 0 aromatic carbocycles. The van der Waals surface area contributed by atoms with E-state index in [2.05, 4.69) is 4.98 Å². The molecule has 0 N–H and O–H groups in total. The van der Waals surface area contributed by atoms with E-state index < -0.39 is 0 Å². The maximum absolute atomic E-state index is 9.78. The Morgan fingerprint density at radius 1 is 1.88 bits per heavy atom. The molecule has 1 aromatic rings. The van der Waals surface area contributed by atoms with Gasteiger partial charge < -0.3 is 0 Å². The lowest BCUT2D eigenvalue weighted by molar-refractivity contribution is 0.561. The third kappa shape index (κ3) is 1.05. The van der Waals surface area contributed by atoms with Crippen molar-refractivity contribution >= 4 is 29.2 Å². The van der Waals surface area contributed by atoms with Gasteiger partial charge in [0.15, 0.2) is 4.47 Å². The van der Waals surface area contributed by atoms with Gasteiger partial charge in [0, 0.05) is 5.38 Å². The van der Waals surface area contributed by atoms with Crippen molar-refractivity contribution in [3.8, 4) is 0 Å². The number of nitrogens with zero attached hydrogens (tertiary/aromatic N) is 1. The van der Waals surface area contributed by atoms with Gasteiger partial charge >= 0.3 is 0 Å². The maximum Gasteiger partial charge on any atom is 0.254 e. The Hall–Kier alpha value is -0.410. The van der Waals surface area contributed by atoms with Crippen molar-refractivity contribution in [1.29, 1.82) is 0 Å². The van der Waals surface area contributed by atoms with Crippen LogP contribution >= 0.6 is 22.9 Å². The predicted molar refractivity (Wildman–Crippen MR) is 31.9 cm³/mol. The summed E-state index contributed by atoms with van der Waals surface area (Å²) in [5.74, 6) is 0. The molecule has 4 heteroatoms. The van der Waals surface area contributed by atoms with Crippen LogP contribution in [0.5, 0.6) is 0 Å². The minimum absolute atomic E-state index is 0.278. The van der Waals surface area contributed by atoms with Crippen LogP contribution in [0.1, 0.15) is 5.69 Å². The van der Waals surface area contributed by atoms with Crippen LogP contribution in [0.25, 0.3) is 0 Å². The molecular weight excluding hydrogens is 146 g/mol. The highest BCUT2D eigenvalue weighted by Gasteiger charge is 1.95. The smallest absolute Gasteiger partial charge is 0.254 e. The van der Waals surface area contributed by atoms with Crippen LogP contribution in [0, 0.1) is 0 Å². The monoisotopic (exact) mass is 146 g/mol. The molecule has 1 rings (SSSR count). The van der Waals surface area contributed by atoms with Gasteiger partial charge in [0.25, 0.3) is 6.29 Å². The third-order valence-electron chi connectivity index (χ3n) is 0.581. The Kier molecular flexibility index (Phi) is 1.60. The van der Waals surface area contributed by atoms with E-state index in [-0.39, 0.29) is 5.69 Å². The highest BCUT2D eigenvalue weighted by molar-refractivity contribution is 7.14. The quantitative estimate of drug-likeness (QED) is 0.597. The number of thiazole rings is 1. The molecule has 1 radical (unpaired) electrons. The van der Waals surface area contributed by atoms with Gasteiger partial charge in [-0.15, -0.1) is 11.3 Å². The van der Waals surface area contributed by atoms with E-state index in [0.29, 0.717) is 4.47 Å². The summed E-state index contributed by atoms with van der Waals surface area (Å²) in [7, 11) is 0. The van der Waals surface area contributed by atoms with Crippen LogP contribution in [-0.4, -0.2) is 11.3 Å². The zero-order valence-corrected chi connectivity index (χ0v) is 5.29. The van der Waals surface area contributed by atoms with Gasteiger partial charge in [0.05, 0.1) is 0 Å².